The number of amides is 1. The summed E-state index contributed by atoms with van der Waals surface area (Å²) in [5.41, 5.74) is 6.61. The van der Waals surface area contributed by atoms with Crippen molar-refractivity contribution in [2.24, 2.45) is 18.9 Å². The molecule has 1 N–H and O–H groups in total. The highest BCUT2D eigenvalue weighted by atomic mass is 32.1. The van der Waals surface area contributed by atoms with E-state index in [2.05, 4.69) is 37.8 Å². The third-order valence-electron chi connectivity index (χ3n) is 9.87. The topological polar surface area (TPSA) is 64.3 Å². The highest BCUT2D eigenvalue weighted by Gasteiger charge is 2.40. The molecule has 0 unspecified atom stereocenters. The molecule has 4 aromatic rings. The van der Waals surface area contributed by atoms with Gasteiger partial charge < -0.3 is 24.1 Å². The number of ether oxygens (including phenoxy) is 1. The number of likely N-dealkylation sites (tertiary alicyclic amines) is 1. The summed E-state index contributed by atoms with van der Waals surface area (Å²) in [5, 5.41) is 5.94. The van der Waals surface area contributed by atoms with E-state index in [-0.39, 0.29) is 5.91 Å². The molecule has 5 heterocycles. The van der Waals surface area contributed by atoms with Gasteiger partial charge in [-0.15, -0.1) is 11.3 Å². The summed E-state index contributed by atoms with van der Waals surface area (Å²) in [6.45, 7) is 4.14. The molecule has 39 heavy (non-hydrogen) atoms. The van der Waals surface area contributed by atoms with Crippen LogP contribution >= 0.6 is 11.3 Å². The van der Waals surface area contributed by atoms with Crippen LogP contribution in [0.15, 0.2) is 23.6 Å². The SMILES string of the molecule is COc1cc(C(=O)N2C[C@H]3CC[C@@H]2C3)cc2nc(-c3cc4scc(C5CCNCC5)c4n3CC3CC3)n(C)c12. The smallest absolute Gasteiger partial charge is 0.254 e. The van der Waals surface area contributed by atoms with E-state index in [0.717, 1.165) is 67.5 Å². The van der Waals surface area contributed by atoms with Gasteiger partial charge >= 0.3 is 0 Å². The lowest BCUT2D eigenvalue weighted by atomic mass is 9.91. The number of rotatable bonds is 6. The molecule has 8 rings (SSSR count). The van der Waals surface area contributed by atoms with Gasteiger partial charge in [-0.25, -0.2) is 4.98 Å². The van der Waals surface area contributed by atoms with Crippen molar-refractivity contribution in [1.29, 1.82) is 0 Å². The number of aryl methyl sites for hydroxylation is 1. The minimum Gasteiger partial charge on any atom is -0.494 e. The maximum Gasteiger partial charge on any atom is 0.254 e. The molecule has 4 aliphatic rings. The molecule has 0 spiro atoms. The molecular formula is C31H37N5O2S. The number of thiophene rings is 1. The summed E-state index contributed by atoms with van der Waals surface area (Å²) < 4.78 is 12.0. The lowest BCUT2D eigenvalue weighted by molar-refractivity contribution is 0.0703. The van der Waals surface area contributed by atoms with Crippen molar-refractivity contribution in [3.8, 4) is 17.3 Å². The van der Waals surface area contributed by atoms with Crippen LogP contribution in [-0.4, -0.2) is 57.7 Å². The van der Waals surface area contributed by atoms with Crippen molar-refractivity contribution in [3.63, 3.8) is 0 Å². The monoisotopic (exact) mass is 543 g/mol. The lowest BCUT2D eigenvalue weighted by Crippen LogP contribution is -2.37. The van der Waals surface area contributed by atoms with E-state index >= 15 is 0 Å². The Morgan fingerprint density at radius 2 is 1.95 bits per heavy atom. The van der Waals surface area contributed by atoms with Gasteiger partial charge in [0.15, 0.2) is 5.82 Å². The Balaban J connectivity index is 1.24. The zero-order valence-electron chi connectivity index (χ0n) is 22.9. The van der Waals surface area contributed by atoms with E-state index in [1.165, 1.54) is 53.6 Å². The largest absolute Gasteiger partial charge is 0.494 e. The van der Waals surface area contributed by atoms with Crippen LogP contribution in [0.1, 0.15) is 66.8 Å². The Morgan fingerprint density at radius 1 is 1.10 bits per heavy atom. The first-order valence-corrected chi connectivity index (χ1v) is 15.6. The van der Waals surface area contributed by atoms with Gasteiger partial charge in [-0.1, -0.05) is 0 Å². The number of aromatic nitrogens is 3. The van der Waals surface area contributed by atoms with E-state index in [0.29, 0.717) is 23.4 Å². The summed E-state index contributed by atoms with van der Waals surface area (Å²) >= 11 is 1.88. The molecule has 8 heteroatoms. The van der Waals surface area contributed by atoms with E-state index in [1.54, 1.807) is 7.11 Å². The summed E-state index contributed by atoms with van der Waals surface area (Å²) in [5.74, 6) is 3.85. The molecule has 0 radical (unpaired) electrons. The van der Waals surface area contributed by atoms with Gasteiger partial charge in [0, 0.05) is 31.7 Å². The standard InChI is InChI=1S/C31H37N5O2S/c1-34-29-24(12-21(13-26(29)38-2)31(37)35-16-19-5-6-22(35)11-19)33-30(34)25-14-27-28(36(25)15-18-3-4-18)23(17-39-27)20-7-9-32-10-8-20/h12-14,17-20,22,32H,3-11,15-16H2,1-2H3/t19-,22+/m0/s1. The van der Waals surface area contributed by atoms with Crippen molar-refractivity contribution in [1.82, 2.24) is 24.3 Å². The molecule has 2 aliphatic carbocycles. The van der Waals surface area contributed by atoms with Crippen LogP contribution in [-0.2, 0) is 13.6 Å². The Bertz CT molecular complexity index is 1590. The number of hydrogen-bond acceptors (Lipinski definition) is 5. The number of carbonyl (C=O) groups excluding carboxylic acids is 1. The Morgan fingerprint density at radius 3 is 2.67 bits per heavy atom. The normalized spacial score (nSPS) is 23.5. The van der Waals surface area contributed by atoms with Crippen LogP contribution in [0.2, 0.25) is 0 Å². The second kappa shape index (κ2) is 9.10. The second-order valence-corrected chi connectivity index (χ2v) is 13.3. The molecular weight excluding hydrogens is 506 g/mol. The Labute approximate surface area is 233 Å². The van der Waals surface area contributed by atoms with E-state index in [9.17, 15) is 4.79 Å². The summed E-state index contributed by atoms with van der Waals surface area (Å²) in [6.07, 6.45) is 8.59. The Hall–Kier alpha value is -2.84. The molecule has 7 nitrogen and oxygen atoms in total. The highest BCUT2D eigenvalue weighted by Crippen LogP contribution is 2.44. The molecule has 2 saturated carbocycles. The minimum absolute atomic E-state index is 0.124. The number of methoxy groups -OCH3 is 1. The number of carbonyl (C=O) groups is 1. The molecule has 3 aromatic heterocycles. The molecule has 2 atom stereocenters. The quantitative estimate of drug-likeness (QED) is 0.336. The second-order valence-electron chi connectivity index (χ2n) is 12.3. The van der Waals surface area contributed by atoms with Crippen molar-refractivity contribution in [3.05, 3.63) is 34.7 Å². The fraction of sp³-hybridized carbons (Fsp3) is 0.548. The average Bonchev–Trinajstić information content (AvgIpc) is 3.36. The van der Waals surface area contributed by atoms with Crippen LogP contribution < -0.4 is 10.1 Å². The molecule has 2 aliphatic heterocycles. The van der Waals surface area contributed by atoms with Gasteiger partial charge in [0.1, 0.15) is 11.3 Å². The number of hydrogen-bond donors (Lipinski definition) is 1. The zero-order valence-corrected chi connectivity index (χ0v) is 23.7. The van der Waals surface area contributed by atoms with Gasteiger partial charge in [0.2, 0.25) is 0 Å². The number of benzene rings is 1. The molecule has 1 aromatic carbocycles. The fourth-order valence-electron chi connectivity index (χ4n) is 7.61. The Kier molecular flexibility index (Phi) is 5.60. The molecule has 1 amide bonds. The van der Waals surface area contributed by atoms with Crippen molar-refractivity contribution < 1.29 is 9.53 Å². The van der Waals surface area contributed by atoms with Gasteiger partial charge in [0.05, 0.1) is 28.5 Å². The summed E-state index contributed by atoms with van der Waals surface area (Å²) in [4.78, 5) is 20.9. The summed E-state index contributed by atoms with van der Waals surface area (Å²) in [6, 6.07) is 6.68. The van der Waals surface area contributed by atoms with Crippen LogP contribution in [0.3, 0.4) is 0 Å². The van der Waals surface area contributed by atoms with Crippen LogP contribution in [0.25, 0.3) is 32.8 Å². The van der Waals surface area contributed by atoms with E-state index in [1.807, 2.05) is 23.5 Å². The van der Waals surface area contributed by atoms with E-state index in [4.69, 9.17) is 9.72 Å². The lowest BCUT2D eigenvalue weighted by Gasteiger charge is -2.27. The maximum atomic E-state index is 13.6. The number of nitrogens with one attached hydrogen (secondary N) is 1. The van der Waals surface area contributed by atoms with Crippen LogP contribution in [0.5, 0.6) is 5.75 Å². The van der Waals surface area contributed by atoms with Crippen LogP contribution in [0, 0.1) is 11.8 Å². The first-order chi connectivity index (χ1) is 19.1. The molecule has 4 fully saturated rings. The maximum absolute atomic E-state index is 13.6. The first-order valence-electron chi connectivity index (χ1n) is 14.8. The predicted molar refractivity (Wildman–Crippen MR) is 156 cm³/mol. The highest BCUT2D eigenvalue weighted by molar-refractivity contribution is 7.17. The van der Waals surface area contributed by atoms with Crippen molar-refractivity contribution in [2.45, 2.75) is 63.5 Å². The van der Waals surface area contributed by atoms with Crippen molar-refractivity contribution >= 4 is 38.5 Å². The number of fused-ring (bicyclic) bond motifs is 4. The predicted octanol–water partition coefficient (Wildman–Crippen LogP) is 5.77. The van der Waals surface area contributed by atoms with Gasteiger partial charge in [-0.05, 0) is 105 Å². The minimum atomic E-state index is 0.124. The van der Waals surface area contributed by atoms with Crippen molar-refractivity contribution in [2.75, 3.05) is 26.7 Å². The summed E-state index contributed by atoms with van der Waals surface area (Å²) in [7, 11) is 3.79. The molecule has 204 valence electrons. The zero-order chi connectivity index (χ0) is 26.2. The molecule has 2 saturated heterocycles. The average molecular weight is 544 g/mol. The van der Waals surface area contributed by atoms with Gasteiger partial charge in [-0.3, -0.25) is 4.79 Å². The number of nitrogens with zero attached hydrogens (tertiary/aromatic N) is 4. The molecule has 2 bridgehead atoms. The fourth-order valence-corrected chi connectivity index (χ4v) is 8.69. The van der Waals surface area contributed by atoms with Gasteiger partial charge in [0.25, 0.3) is 5.91 Å². The third-order valence-corrected chi connectivity index (χ3v) is 10.8. The van der Waals surface area contributed by atoms with E-state index < -0.39 is 0 Å². The first kappa shape index (κ1) is 24.0. The third kappa shape index (κ3) is 3.85. The van der Waals surface area contributed by atoms with Crippen LogP contribution in [0.4, 0.5) is 0 Å². The van der Waals surface area contributed by atoms with Gasteiger partial charge in [-0.2, -0.15) is 0 Å². The number of imidazole rings is 1. The number of piperidine rings is 2.